The smallest absolute Gasteiger partial charge is 0.0643 e. The van der Waals surface area contributed by atoms with Gasteiger partial charge in [0.2, 0.25) is 0 Å². The van der Waals surface area contributed by atoms with Gasteiger partial charge in [-0.25, -0.2) is 4.99 Å². The average molecular weight is 219 g/mol. The van der Waals surface area contributed by atoms with Crippen molar-refractivity contribution in [2.45, 2.75) is 6.42 Å². The second-order valence-electron chi connectivity index (χ2n) is 4.11. The molecule has 1 heteroatoms. The van der Waals surface area contributed by atoms with E-state index in [1.165, 1.54) is 10.8 Å². The van der Waals surface area contributed by atoms with Gasteiger partial charge in [-0.05, 0) is 41.5 Å². The minimum Gasteiger partial charge on any atom is -0.249 e. The molecule has 0 aliphatic heterocycles. The Kier molecular flexibility index (Phi) is 2.59. The lowest BCUT2D eigenvalue weighted by Crippen LogP contribution is -1.90. The Balaban J connectivity index is 2.03. The SMILES string of the molecule is C1=CC(=Nc2ccc3ccccc3c2)C=CC1. The lowest BCUT2D eigenvalue weighted by molar-refractivity contribution is 1.38. The van der Waals surface area contributed by atoms with Crippen molar-refractivity contribution in [3.63, 3.8) is 0 Å². The highest BCUT2D eigenvalue weighted by molar-refractivity contribution is 6.06. The third-order valence-electron chi connectivity index (χ3n) is 2.84. The van der Waals surface area contributed by atoms with Crippen LogP contribution in [-0.4, -0.2) is 5.71 Å². The summed E-state index contributed by atoms with van der Waals surface area (Å²) in [5, 5.41) is 2.49. The minimum atomic E-state index is 1.01. The van der Waals surface area contributed by atoms with Crippen LogP contribution in [0.4, 0.5) is 5.69 Å². The quantitative estimate of drug-likeness (QED) is 0.672. The van der Waals surface area contributed by atoms with E-state index in [-0.39, 0.29) is 0 Å². The van der Waals surface area contributed by atoms with Crippen LogP contribution in [0.3, 0.4) is 0 Å². The average Bonchev–Trinajstić information content (AvgIpc) is 2.40. The van der Waals surface area contributed by atoms with E-state index in [9.17, 15) is 0 Å². The predicted octanol–water partition coefficient (Wildman–Crippen LogP) is 4.43. The van der Waals surface area contributed by atoms with Gasteiger partial charge in [0.25, 0.3) is 0 Å². The summed E-state index contributed by atoms with van der Waals surface area (Å²) in [4.78, 5) is 4.61. The first-order chi connectivity index (χ1) is 8.42. The fourth-order valence-corrected chi connectivity index (χ4v) is 1.98. The molecule has 0 heterocycles. The molecule has 0 N–H and O–H groups in total. The van der Waals surface area contributed by atoms with Crippen molar-refractivity contribution in [2.75, 3.05) is 0 Å². The molecule has 0 saturated heterocycles. The Morgan fingerprint density at radius 2 is 1.59 bits per heavy atom. The van der Waals surface area contributed by atoms with Crippen LogP contribution in [0.5, 0.6) is 0 Å². The Hall–Kier alpha value is -2.15. The van der Waals surface area contributed by atoms with Crippen LogP contribution in [0.1, 0.15) is 6.42 Å². The normalized spacial score (nSPS) is 14.2. The van der Waals surface area contributed by atoms with Gasteiger partial charge in [-0.3, -0.25) is 0 Å². The van der Waals surface area contributed by atoms with Gasteiger partial charge in [0, 0.05) is 0 Å². The lowest BCUT2D eigenvalue weighted by Gasteiger charge is -2.02. The molecule has 2 aromatic rings. The van der Waals surface area contributed by atoms with E-state index in [1.807, 2.05) is 0 Å². The fourth-order valence-electron chi connectivity index (χ4n) is 1.98. The zero-order chi connectivity index (χ0) is 11.5. The minimum absolute atomic E-state index is 1.01. The molecule has 0 atom stereocenters. The lowest BCUT2D eigenvalue weighted by atomic mass is 10.1. The second kappa shape index (κ2) is 4.38. The van der Waals surface area contributed by atoms with Crippen molar-refractivity contribution in [3.05, 3.63) is 66.8 Å². The summed E-state index contributed by atoms with van der Waals surface area (Å²) in [6.45, 7) is 0. The predicted molar refractivity (Wildman–Crippen MR) is 73.9 cm³/mol. The van der Waals surface area contributed by atoms with E-state index >= 15 is 0 Å². The molecule has 1 aliphatic rings. The monoisotopic (exact) mass is 219 g/mol. The van der Waals surface area contributed by atoms with Gasteiger partial charge < -0.3 is 0 Å². The summed E-state index contributed by atoms with van der Waals surface area (Å²) in [6, 6.07) is 14.6. The van der Waals surface area contributed by atoms with Crippen molar-refractivity contribution >= 4 is 22.2 Å². The molecular formula is C16H13N. The number of rotatable bonds is 1. The number of benzene rings is 2. The van der Waals surface area contributed by atoms with Gasteiger partial charge in [0.05, 0.1) is 11.4 Å². The Morgan fingerprint density at radius 1 is 0.824 bits per heavy atom. The second-order valence-corrected chi connectivity index (χ2v) is 4.11. The Bertz CT molecular complexity index is 619. The molecule has 82 valence electrons. The van der Waals surface area contributed by atoms with Crippen molar-refractivity contribution in [1.29, 1.82) is 0 Å². The van der Waals surface area contributed by atoms with Crippen LogP contribution < -0.4 is 0 Å². The van der Waals surface area contributed by atoms with Crippen molar-refractivity contribution in [3.8, 4) is 0 Å². The molecule has 0 radical (unpaired) electrons. The van der Waals surface area contributed by atoms with E-state index < -0.39 is 0 Å². The van der Waals surface area contributed by atoms with Crippen LogP contribution in [0.15, 0.2) is 71.8 Å². The largest absolute Gasteiger partial charge is 0.249 e. The summed E-state index contributed by atoms with van der Waals surface area (Å²) in [5.74, 6) is 0. The van der Waals surface area contributed by atoms with E-state index in [0.717, 1.165) is 17.8 Å². The maximum atomic E-state index is 4.61. The maximum absolute atomic E-state index is 4.61. The molecule has 0 fully saturated rings. The van der Waals surface area contributed by atoms with Gasteiger partial charge in [-0.15, -0.1) is 0 Å². The first-order valence-corrected chi connectivity index (χ1v) is 5.82. The maximum Gasteiger partial charge on any atom is 0.0643 e. The van der Waals surface area contributed by atoms with Crippen LogP contribution >= 0.6 is 0 Å². The Labute approximate surface area is 101 Å². The Morgan fingerprint density at radius 3 is 2.41 bits per heavy atom. The van der Waals surface area contributed by atoms with Crippen LogP contribution in [0, 0.1) is 0 Å². The van der Waals surface area contributed by atoms with E-state index in [2.05, 4.69) is 71.8 Å². The summed E-state index contributed by atoms with van der Waals surface area (Å²) >= 11 is 0. The highest BCUT2D eigenvalue weighted by atomic mass is 14.7. The molecule has 0 saturated carbocycles. The van der Waals surface area contributed by atoms with Crippen LogP contribution in [0.25, 0.3) is 10.8 Å². The molecule has 1 aliphatic carbocycles. The van der Waals surface area contributed by atoms with Crippen LogP contribution in [-0.2, 0) is 0 Å². The summed E-state index contributed by atoms with van der Waals surface area (Å²) in [6.07, 6.45) is 9.39. The van der Waals surface area contributed by atoms with Crippen molar-refractivity contribution in [1.82, 2.24) is 0 Å². The fraction of sp³-hybridized carbons (Fsp3) is 0.0625. The number of hydrogen-bond donors (Lipinski definition) is 0. The van der Waals surface area contributed by atoms with Gasteiger partial charge >= 0.3 is 0 Å². The molecule has 2 aromatic carbocycles. The van der Waals surface area contributed by atoms with Gasteiger partial charge in [0.15, 0.2) is 0 Å². The molecule has 1 nitrogen and oxygen atoms in total. The van der Waals surface area contributed by atoms with E-state index in [1.54, 1.807) is 0 Å². The number of allylic oxidation sites excluding steroid dienone is 4. The summed E-state index contributed by atoms with van der Waals surface area (Å²) in [5.41, 5.74) is 2.03. The summed E-state index contributed by atoms with van der Waals surface area (Å²) < 4.78 is 0. The zero-order valence-corrected chi connectivity index (χ0v) is 9.51. The number of fused-ring (bicyclic) bond motifs is 1. The van der Waals surface area contributed by atoms with Crippen molar-refractivity contribution < 1.29 is 0 Å². The molecular weight excluding hydrogens is 206 g/mol. The highest BCUT2D eigenvalue weighted by Gasteiger charge is 1.97. The molecule has 3 rings (SSSR count). The molecule has 0 aromatic heterocycles. The highest BCUT2D eigenvalue weighted by Crippen LogP contribution is 2.21. The van der Waals surface area contributed by atoms with Gasteiger partial charge in [0.1, 0.15) is 0 Å². The van der Waals surface area contributed by atoms with Crippen molar-refractivity contribution in [2.24, 2.45) is 4.99 Å². The third kappa shape index (κ3) is 2.18. The number of nitrogens with zero attached hydrogens (tertiary/aromatic N) is 1. The van der Waals surface area contributed by atoms with E-state index in [0.29, 0.717) is 0 Å². The molecule has 0 unspecified atom stereocenters. The zero-order valence-electron chi connectivity index (χ0n) is 9.51. The van der Waals surface area contributed by atoms with Gasteiger partial charge in [-0.1, -0.05) is 42.5 Å². The number of aliphatic imine (C=N–C) groups is 1. The first-order valence-electron chi connectivity index (χ1n) is 5.82. The third-order valence-corrected chi connectivity index (χ3v) is 2.84. The van der Waals surface area contributed by atoms with Crippen LogP contribution in [0.2, 0.25) is 0 Å². The standard InChI is InChI=1S/C16H13N/c1-2-8-15(9-3-1)17-16-11-10-13-6-4-5-7-14(13)12-16/h2-12H,1H2. The molecule has 0 amide bonds. The first kappa shape index (κ1) is 10.0. The molecule has 17 heavy (non-hydrogen) atoms. The molecule has 0 spiro atoms. The summed E-state index contributed by atoms with van der Waals surface area (Å²) in [7, 11) is 0. The topological polar surface area (TPSA) is 12.4 Å². The van der Waals surface area contributed by atoms with Gasteiger partial charge in [-0.2, -0.15) is 0 Å². The number of hydrogen-bond acceptors (Lipinski definition) is 1. The van der Waals surface area contributed by atoms with E-state index in [4.69, 9.17) is 0 Å². The molecule has 0 bridgehead atoms.